The predicted molar refractivity (Wildman–Crippen MR) is 95.4 cm³/mol. The van der Waals surface area contributed by atoms with Crippen LogP contribution in [0, 0.1) is 29.9 Å². The van der Waals surface area contributed by atoms with Crippen LogP contribution < -0.4 is 5.32 Å². The molecule has 0 aromatic heterocycles. The Morgan fingerprint density at radius 2 is 1.92 bits per heavy atom. The van der Waals surface area contributed by atoms with Gasteiger partial charge in [0.25, 0.3) is 5.69 Å². The van der Waals surface area contributed by atoms with Crippen molar-refractivity contribution in [3.63, 3.8) is 0 Å². The molecule has 0 unspecified atom stereocenters. The summed E-state index contributed by atoms with van der Waals surface area (Å²) in [6, 6.07) is 11.6. The first kappa shape index (κ1) is 14.9. The molecule has 0 bridgehead atoms. The van der Waals surface area contributed by atoms with Crippen LogP contribution in [-0.4, -0.2) is 4.92 Å². The van der Waals surface area contributed by atoms with E-state index in [2.05, 4.69) is 43.4 Å². The maximum absolute atomic E-state index is 10.9. The van der Waals surface area contributed by atoms with Crippen molar-refractivity contribution in [1.82, 2.24) is 0 Å². The Bertz CT molecular complexity index is 839. The number of benzene rings is 2. The minimum absolute atomic E-state index is 0.141. The third-order valence-corrected chi connectivity index (χ3v) is 5.28. The highest BCUT2D eigenvalue weighted by atomic mass is 16.6. The first-order valence-corrected chi connectivity index (χ1v) is 8.33. The highest BCUT2D eigenvalue weighted by molar-refractivity contribution is 5.63. The van der Waals surface area contributed by atoms with Crippen molar-refractivity contribution in [3.05, 3.63) is 80.9 Å². The minimum atomic E-state index is -0.347. The van der Waals surface area contributed by atoms with Gasteiger partial charge in [0.1, 0.15) is 0 Å². The number of rotatable bonds is 2. The van der Waals surface area contributed by atoms with E-state index in [1.54, 1.807) is 12.1 Å². The van der Waals surface area contributed by atoms with Crippen molar-refractivity contribution < 1.29 is 4.92 Å². The number of fused-ring (bicyclic) bond motifs is 3. The average Bonchev–Trinajstić information content (AvgIpc) is 3.02. The molecule has 0 radical (unpaired) electrons. The molecule has 1 aliphatic heterocycles. The number of allylic oxidation sites excluding steroid dienone is 2. The monoisotopic (exact) mass is 320 g/mol. The van der Waals surface area contributed by atoms with Crippen molar-refractivity contribution in [3.8, 4) is 0 Å². The Labute approximate surface area is 141 Å². The van der Waals surface area contributed by atoms with Crippen LogP contribution in [0.3, 0.4) is 0 Å². The smallest absolute Gasteiger partial charge is 0.269 e. The lowest BCUT2D eigenvalue weighted by Gasteiger charge is -2.38. The van der Waals surface area contributed by atoms with Gasteiger partial charge in [-0.15, -0.1) is 0 Å². The lowest BCUT2D eigenvalue weighted by Crippen LogP contribution is -2.29. The number of nitro groups is 1. The van der Waals surface area contributed by atoms with Gasteiger partial charge in [0.05, 0.1) is 11.0 Å². The maximum Gasteiger partial charge on any atom is 0.269 e. The second kappa shape index (κ2) is 5.48. The lowest BCUT2D eigenvalue weighted by molar-refractivity contribution is -0.384. The molecule has 3 atom stereocenters. The van der Waals surface area contributed by atoms with Gasteiger partial charge in [-0.1, -0.05) is 30.4 Å². The predicted octanol–water partition coefficient (Wildman–Crippen LogP) is 5.04. The van der Waals surface area contributed by atoms with Crippen molar-refractivity contribution in [1.29, 1.82) is 0 Å². The Hall–Kier alpha value is -2.62. The second-order valence-electron chi connectivity index (χ2n) is 6.87. The highest BCUT2D eigenvalue weighted by Gasteiger charge is 2.38. The van der Waals surface area contributed by atoms with Gasteiger partial charge < -0.3 is 5.32 Å². The summed E-state index contributed by atoms with van der Waals surface area (Å²) in [6.07, 6.45) is 5.63. The number of aryl methyl sites for hydroxylation is 2. The molecule has 0 saturated heterocycles. The maximum atomic E-state index is 10.9. The van der Waals surface area contributed by atoms with Crippen LogP contribution in [0.5, 0.6) is 0 Å². The van der Waals surface area contributed by atoms with Crippen LogP contribution in [0.1, 0.15) is 40.6 Å². The van der Waals surface area contributed by atoms with E-state index < -0.39 is 0 Å². The van der Waals surface area contributed by atoms with Crippen molar-refractivity contribution in [2.24, 2.45) is 5.92 Å². The average molecular weight is 320 g/mol. The fourth-order valence-corrected chi connectivity index (χ4v) is 4.27. The van der Waals surface area contributed by atoms with E-state index in [1.165, 1.54) is 22.4 Å². The van der Waals surface area contributed by atoms with Gasteiger partial charge in [-0.25, -0.2) is 0 Å². The van der Waals surface area contributed by atoms with Gasteiger partial charge in [-0.05, 0) is 54.5 Å². The van der Waals surface area contributed by atoms with Crippen LogP contribution in [0.25, 0.3) is 0 Å². The van der Waals surface area contributed by atoms with E-state index in [9.17, 15) is 10.1 Å². The zero-order valence-electron chi connectivity index (χ0n) is 13.8. The van der Waals surface area contributed by atoms with Gasteiger partial charge in [0.15, 0.2) is 0 Å². The van der Waals surface area contributed by atoms with E-state index in [0.29, 0.717) is 11.8 Å². The second-order valence-corrected chi connectivity index (χ2v) is 6.87. The summed E-state index contributed by atoms with van der Waals surface area (Å²) in [4.78, 5) is 10.5. The fourth-order valence-electron chi connectivity index (χ4n) is 4.27. The van der Waals surface area contributed by atoms with Crippen molar-refractivity contribution in [2.45, 2.75) is 32.2 Å². The van der Waals surface area contributed by atoms with Crippen LogP contribution in [0.4, 0.5) is 11.4 Å². The van der Waals surface area contributed by atoms with Crippen molar-refractivity contribution in [2.75, 3.05) is 5.32 Å². The number of non-ortho nitro benzene ring substituents is 1. The summed E-state index contributed by atoms with van der Waals surface area (Å²) in [6.45, 7) is 4.30. The first-order valence-electron chi connectivity index (χ1n) is 8.33. The summed E-state index contributed by atoms with van der Waals surface area (Å²) in [5, 5.41) is 14.6. The molecule has 1 aliphatic carbocycles. The molecule has 2 aliphatic rings. The number of hydrogen-bond donors (Lipinski definition) is 1. The highest BCUT2D eigenvalue weighted by Crippen LogP contribution is 2.51. The standard InChI is InChI=1S/C20H20N2O2/c1-12-10-13(2)19-16-4-3-5-17(16)20(21-18(19)11-12)14-6-8-15(9-7-14)22(23)24/h3-4,6-11,16-17,20-21H,5H2,1-2H3/t16-,17-,20-/m1/s1. The number of nitrogens with zero attached hydrogens (tertiary/aromatic N) is 1. The Morgan fingerprint density at radius 1 is 1.17 bits per heavy atom. The molecule has 1 N–H and O–H groups in total. The molecule has 4 rings (SSSR count). The minimum Gasteiger partial charge on any atom is -0.378 e. The molecule has 0 saturated carbocycles. The largest absolute Gasteiger partial charge is 0.378 e. The number of hydrogen-bond acceptors (Lipinski definition) is 3. The van der Waals surface area contributed by atoms with Gasteiger partial charge >= 0.3 is 0 Å². The molecular formula is C20H20N2O2. The summed E-state index contributed by atoms with van der Waals surface area (Å²) >= 11 is 0. The molecule has 2 aromatic rings. The van der Waals surface area contributed by atoms with Crippen LogP contribution in [0.2, 0.25) is 0 Å². The van der Waals surface area contributed by atoms with E-state index in [-0.39, 0.29) is 16.7 Å². The van der Waals surface area contributed by atoms with Gasteiger partial charge in [-0.2, -0.15) is 0 Å². The zero-order valence-corrected chi connectivity index (χ0v) is 13.8. The summed E-state index contributed by atoms with van der Waals surface area (Å²) in [5.41, 5.74) is 6.44. The molecule has 4 heteroatoms. The Morgan fingerprint density at radius 3 is 2.62 bits per heavy atom. The zero-order chi connectivity index (χ0) is 16.8. The third-order valence-electron chi connectivity index (χ3n) is 5.28. The molecule has 2 aromatic carbocycles. The molecule has 0 fully saturated rings. The summed E-state index contributed by atoms with van der Waals surface area (Å²) < 4.78 is 0. The van der Waals surface area contributed by atoms with Crippen LogP contribution in [-0.2, 0) is 0 Å². The van der Waals surface area contributed by atoms with E-state index in [1.807, 2.05) is 12.1 Å². The fraction of sp³-hybridized carbons (Fsp3) is 0.300. The molecule has 0 spiro atoms. The Kier molecular flexibility index (Phi) is 3.41. The van der Waals surface area contributed by atoms with Gasteiger partial charge in [0.2, 0.25) is 0 Å². The van der Waals surface area contributed by atoms with Crippen LogP contribution in [0.15, 0.2) is 48.6 Å². The molecule has 1 heterocycles. The SMILES string of the molecule is Cc1cc(C)c2c(c1)N[C@H](c1ccc([N+](=O)[O-])cc1)[C@@H]1CC=C[C@@H]21. The third kappa shape index (κ3) is 2.30. The molecule has 4 nitrogen and oxygen atoms in total. The summed E-state index contributed by atoms with van der Waals surface area (Å²) in [5.74, 6) is 0.877. The summed E-state index contributed by atoms with van der Waals surface area (Å²) in [7, 11) is 0. The first-order chi connectivity index (χ1) is 11.5. The Balaban J connectivity index is 1.76. The lowest BCUT2D eigenvalue weighted by atomic mass is 9.75. The molecule has 24 heavy (non-hydrogen) atoms. The quantitative estimate of drug-likeness (QED) is 0.479. The topological polar surface area (TPSA) is 55.2 Å². The van der Waals surface area contributed by atoms with Gasteiger partial charge in [0, 0.05) is 23.7 Å². The number of nitrogens with one attached hydrogen (secondary N) is 1. The van der Waals surface area contributed by atoms with E-state index in [4.69, 9.17) is 0 Å². The molecule has 0 amide bonds. The number of nitro benzene ring substituents is 1. The van der Waals surface area contributed by atoms with E-state index >= 15 is 0 Å². The molecular weight excluding hydrogens is 300 g/mol. The van der Waals surface area contributed by atoms with Crippen LogP contribution >= 0.6 is 0 Å². The normalized spacial score (nSPS) is 24.2. The van der Waals surface area contributed by atoms with Crippen molar-refractivity contribution >= 4 is 11.4 Å². The van der Waals surface area contributed by atoms with E-state index in [0.717, 1.165) is 12.0 Å². The van der Waals surface area contributed by atoms with Gasteiger partial charge in [-0.3, -0.25) is 10.1 Å². The molecule has 122 valence electrons. The number of anilines is 1.